The van der Waals surface area contributed by atoms with Gasteiger partial charge < -0.3 is 0 Å². The van der Waals surface area contributed by atoms with Crippen molar-refractivity contribution in [3.05, 3.63) is 69.9 Å². The summed E-state index contributed by atoms with van der Waals surface area (Å²) in [6, 6.07) is 14.8. The molecule has 0 saturated carbocycles. The van der Waals surface area contributed by atoms with Gasteiger partial charge in [-0.1, -0.05) is 40.2 Å². The van der Waals surface area contributed by atoms with Crippen LogP contribution in [0.2, 0.25) is 0 Å². The molecule has 1 unspecified atom stereocenters. The van der Waals surface area contributed by atoms with Crippen molar-refractivity contribution in [1.29, 1.82) is 0 Å². The van der Waals surface area contributed by atoms with Crippen molar-refractivity contribution in [2.45, 2.75) is 12.3 Å². The SMILES string of the molecule is Fc1cccc(CC(CCl)c2cccc(Br)c2)c1. The summed E-state index contributed by atoms with van der Waals surface area (Å²) >= 11 is 9.49. The van der Waals surface area contributed by atoms with Crippen LogP contribution in [-0.2, 0) is 6.42 Å². The lowest BCUT2D eigenvalue weighted by Crippen LogP contribution is -2.05. The van der Waals surface area contributed by atoms with Crippen molar-refractivity contribution in [2.75, 3.05) is 5.88 Å². The van der Waals surface area contributed by atoms with E-state index in [1.54, 1.807) is 12.1 Å². The number of hydrogen-bond donors (Lipinski definition) is 0. The van der Waals surface area contributed by atoms with Crippen molar-refractivity contribution in [1.82, 2.24) is 0 Å². The van der Waals surface area contributed by atoms with Gasteiger partial charge in [-0.2, -0.15) is 0 Å². The maximum absolute atomic E-state index is 13.1. The summed E-state index contributed by atoms with van der Waals surface area (Å²) in [5, 5.41) is 0. The van der Waals surface area contributed by atoms with Gasteiger partial charge in [0.25, 0.3) is 0 Å². The molecule has 0 aliphatic heterocycles. The van der Waals surface area contributed by atoms with Crippen molar-refractivity contribution in [3.8, 4) is 0 Å². The van der Waals surface area contributed by atoms with Crippen LogP contribution in [0, 0.1) is 5.82 Å². The molecular weight excluding hydrogens is 315 g/mol. The fourth-order valence-electron chi connectivity index (χ4n) is 1.97. The van der Waals surface area contributed by atoms with Crippen molar-refractivity contribution < 1.29 is 4.39 Å². The van der Waals surface area contributed by atoms with Crippen molar-refractivity contribution >= 4 is 27.5 Å². The van der Waals surface area contributed by atoms with Gasteiger partial charge in [0.05, 0.1) is 0 Å². The molecule has 0 spiro atoms. The summed E-state index contributed by atoms with van der Waals surface area (Å²) in [4.78, 5) is 0. The Bertz CT molecular complexity index is 527. The fraction of sp³-hybridized carbons (Fsp3) is 0.200. The molecule has 1 atom stereocenters. The molecule has 2 aromatic rings. The number of hydrogen-bond acceptors (Lipinski definition) is 0. The van der Waals surface area contributed by atoms with Crippen LogP contribution in [0.4, 0.5) is 4.39 Å². The number of halogens is 3. The molecule has 0 fully saturated rings. The molecule has 0 aliphatic rings. The van der Waals surface area contributed by atoms with Gasteiger partial charge in [0, 0.05) is 16.3 Å². The minimum Gasteiger partial charge on any atom is -0.207 e. The highest BCUT2D eigenvalue weighted by Gasteiger charge is 2.12. The Morgan fingerprint density at radius 3 is 2.56 bits per heavy atom. The van der Waals surface area contributed by atoms with Gasteiger partial charge in [0.2, 0.25) is 0 Å². The van der Waals surface area contributed by atoms with E-state index >= 15 is 0 Å². The molecule has 0 heterocycles. The second-order valence-corrected chi connectivity index (χ2v) is 5.46. The molecular formula is C15H13BrClF. The van der Waals surface area contributed by atoms with Gasteiger partial charge in [0.15, 0.2) is 0 Å². The third-order valence-electron chi connectivity index (χ3n) is 2.88. The first-order chi connectivity index (χ1) is 8.69. The number of rotatable bonds is 4. The van der Waals surface area contributed by atoms with E-state index in [0.717, 1.165) is 16.5 Å². The lowest BCUT2D eigenvalue weighted by atomic mass is 9.93. The van der Waals surface area contributed by atoms with Crippen LogP contribution in [0.5, 0.6) is 0 Å². The first-order valence-electron chi connectivity index (χ1n) is 5.75. The van der Waals surface area contributed by atoms with Crippen LogP contribution >= 0.6 is 27.5 Å². The van der Waals surface area contributed by atoms with Crippen LogP contribution in [0.3, 0.4) is 0 Å². The Kier molecular flexibility index (Phi) is 4.79. The van der Waals surface area contributed by atoms with Crippen molar-refractivity contribution in [2.24, 2.45) is 0 Å². The molecule has 0 bridgehead atoms. The normalized spacial score (nSPS) is 12.4. The van der Waals surface area contributed by atoms with Gasteiger partial charge in [-0.25, -0.2) is 4.39 Å². The summed E-state index contributed by atoms with van der Waals surface area (Å²) in [5.74, 6) is 0.522. The average Bonchev–Trinajstić information content (AvgIpc) is 2.36. The zero-order valence-electron chi connectivity index (χ0n) is 9.74. The smallest absolute Gasteiger partial charge is 0.123 e. The van der Waals surface area contributed by atoms with Crippen LogP contribution in [0.15, 0.2) is 53.0 Å². The molecule has 0 saturated heterocycles. The van der Waals surface area contributed by atoms with Gasteiger partial charge >= 0.3 is 0 Å². The zero-order valence-corrected chi connectivity index (χ0v) is 12.1. The first kappa shape index (κ1) is 13.6. The fourth-order valence-corrected chi connectivity index (χ4v) is 2.67. The van der Waals surface area contributed by atoms with E-state index < -0.39 is 0 Å². The highest BCUT2D eigenvalue weighted by atomic mass is 79.9. The van der Waals surface area contributed by atoms with E-state index in [0.29, 0.717) is 5.88 Å². The van der Waals surface area contributed by atoms with E-state index in [-0.39, 0.29) is 11.7 Å². The lowest BCUT2D eigenvalue weighted by Gasteiger charge is -2.15. The first-order valence-corrected chi connectivity index (χ1v) is 7.07. The molecule has 94 valence electrons. The van der Waals surface area contributed by atoms with E-state index in [1.807, 2.05) is 18.2 Å². The Hall–Kier alpha value is -0.860. The summed E-state index contributed by atoms with van der Waals surface area (Å²) in [6.45, 7) is 0. The Morgan fingerprint density at radius 1 is 1.11 bits per heavy atom. The highest BCUT2D eigenvalue weighted by Crippen LogP contribution is 2.25. The average molecular weight is 328 g/mol. The molecule has 3 heteroatoms. The van der Waals surface area contributed by atoms with E-state index in [4.69, 9.17) is 11.6 Å². The van der Waals surface area contributed by atoms with Crippen LogP contribution in [0.1, 0.15) is 17.0 Å². The number of benzene rings is 2. The minimum absolute atomic E-state index is 0.199. The predicted molar refractivity (Wildman–Crippen MR) is 77.7 cm³/mol. The van der Waals surface area contributed by atoms with Gasteiger partial charge in [0.1, 0.15) is 5.82 Å². The lowest BCUT2D eigenvalue weighted by molar-refractivity contribution is 0.623. The highest BCUT2D eigenvalue weighted by molar-refractivity contribution is 9.10. The molecule has 0 nitrogen and oxygen atoms in total. The molecule has 0 N–H and O–H groups in total. The molecule has 0 aromatic heterocycles. The van der Waals surface area contributed by atoms with Crippen molar-refractivity contribution in [3.63, 3.8) is 0 Å². The second kappa shape index (κ2) is 6.35. The zero-order chi connectivity index (χ0) is 13.0. The Morgan fingerprint density at radius 2 is 1.89 bits per heavy atom. The third-order valence-corrected chi connectivity index (χ3v) is 3.74. The maximum Gasteiger partial charge on any atom is 0.123 e. The number of alkyl halides is 1. The molecule has 0 amide bonds. The predicted octanol–water partition coefficient (Wildman–Crippen LogP) is 5.15. The second-order valence-electron chi connectivity index (χ2n) is 4.24. The Labute approximate surface area is 120 Å². The van der Waals surface area contributed by atoms with E-state index in [9.17, 15) is 4.39 Å². The quantitative estimate of drug-likeness (QED) is 0.681. The summed E-state index contributed by atoms with van der Waals surface area (Å²) in [6.07, 6.45) is 0.748. The van der Waals surface area contributed by atoms with Gasteiger partial charge in [-0.3, -0.25) is 0 Å². The molecule has 18 heavy (non-hydrogen) atoms. The maximum atomic E-state index is 13.1. The molecule has 2 rings (SSSR count). The van der Waals surface area contributed by atoms with E-state index in [2.05, 4.69) is 28.1 Å². The topological polar surface area (TPSA) is 0 Å². The standard InChI is InChI=1S/C15H13BrClF/c16-14-5-2-4-12(9-14)13(10-17)7-11-3-1-6-15(18)8-11/h1-6,8-9,13H,7,10H2. The molecule has 0 aliphatic carbocycles. The summed E-state index contributed by atoms with van der Waals surface area (Å²) < 4.78 is 14.2. The van der Waals surface area contributed by atoms with Crippen LogP contribution in [0.25, 0.3) is 0 Å². The molecule has 0 radical (unpaired) electrons. The molecule has 2 aromatic carbocycles. The summed E-state index contributed by atoms with van der Waals surface area (Å²) in [5.41, 5.74) is 2.14. The van der Waals surface area contributed by atoms with Crippen LogP contribution in [-0.4, -0.2) is 5.88 Å². The Balaban J connectivity index is 2.19. The largest absolute Gasteiger partial charge is 0.207 e. The van der Waals surface area contributed by atoms with Crippen LogP contribution < -0.4 is 0 Å². The van der Waals surface area contributed by atoms with Gasteiger partial charge in [-0.15, -0.1) is 11.6 Å². The third kappa shape index (κ3) is 3.56. The minimum atomic E-state index is -0.199. The summed E-state index contributed by atoms with van der Waals surface area (Å²) in [7, 11) is 0. The van der Waals surface area contributed by atoms with Gasteiger partial charge in [-0.05, 0) is 41.8 Å². The monoisotopic (exact) mass is 326 g/mol. The van der Waals surface area contributed by atoms with E-state index in [1.165, 1.54) is 11.6 Å².